The Bertz CT molecular complexity index is 310. The lowest BCUT2D eigenvalue weighted by molar-refractivity contribution is 0.312. The molecule has 1 aromatic rings. The van der Waals surface area contributed by atoms with Crippen LogP contribution in [-0.4, -0.2) is 28.3 Å². The standard InChI is InChI=1S/C13H21N3S/c1-11-3-5-12(6-4-11)14-9-10-17-13-15-7-2-8-16-13/h2,7-8,11-12,14H,3-6,9-10H2,1H3. The highest BCUT2D eigenvalue weighted by atomic mass is 32.2. The van der Waals surface area contributed by atoms with Gasteiger partial charge in [-0.3, -0.25) is 0 Å². The number of rotatable bonds is 5. The average molecular weight is 251 g/mol. The predicted molar refractivity (Wildman–Crippen MR) is 72.2 cm³/mol. The summed E-state index contributed by atoms with van der Waals surface area (Å²) in [7, 11) is 0. The molecule has 1 heterocycles. The Balaban J connectivity index is 1.57. The first kappa shape index (κ1) is 12.8. The van der Waals surface area contributed by atoms with Crippen LogP contribution in [0, 0.1) is 5.92 Å². The Morgan fingerprint density at radius 2 is 1.94 bits per heavy atom. The Morgan fingerprint density at radius 1 is 1.24 bits per heavy atom. The molecule has 0 spiro atoms. The topological polar surface area (TPSA) is 37.8 Å². The maximum atomic E-state index is 4.20. The van der Waals surface area contributed by atoms with Gasteiger partial charge in [0.15, 0.2) is 5.16 Å². The van der Waals surface area contributed by atoms with E-state index >= 15 is 0 Å². The summed E-state index contributed by atoms with van der Waals surface area (Å²) in [5, 5.41) is 4.52. The maximum absolute atomic E-state index is 4.20. The molecule has 0 radical (unpaired) electrons. The van der Waals surface area contributed by atoms with Crippen LogP contribution >= 0.6 is 11.8 Å². The second-order valence-electron chi connectivity index (χ2n) is 4.79. The number of thioether (sulfide) groups is 1. The van der Waals surface area contributed by atoms with Crippen LogP contribution in [0.15, 0.2) is 23.6 Å². The van der Waals surface area contributed by atoms with Crippen LogP contribution in [-0.2, 0) is 0 Å². The van der Waals surface area contributed by atoms with Crippen LogP contribution in [0.3, 0.4) is 0 Å². The molecule has 3 nitrogen and oxygen atoms in total. The lowest BCUT2D eigenvalue weighted by Gasteiger charge is -2.26. The normalized spacial score (nSPS) is 24.8. The van der Waals surface area contributed by atoms with Gasteiger partial charge in [-0.05, 0) is 37.7 Å². The third-order valence-electron chi connectivity index (χ3n) is 3.32. The molecule has 0 saturated heterocycles. The van der Waals surface area contributed by atoms with Crippen LogP contribution in [0.25, 0.3) is 0 Å². The van der Waals surface area contributed by atoms with Crippen molar-refractivity contribution in [2.75, 3.05) is 12.3 Å². The number of hydrogen-bond acceptors (Lipinski definition) is 4. The van der Waals surface area contributed by atoms with Crippen LogP contribution in [0.2, 0.25) is 0 Å². The Kier molecular flexibility index (Phi) is 5.26. The first-order chi connectivity index (χ1) is 8.34. The molecular weight excluding hydrogens is 230 g/mol. The third-order valence-corrected chi connectivity index (χ3v) is 4.20. The van der Waals surface area contributed by atoms with Gasteiger partial charge in [0, 0.05) is 30.7 Å². The molecular formula is C13H21N3S. The summed E-state index contributed by atoms with van der Waals surface area (Å²) in [5.41, 5.74) is 0. The molecule has 0 bridgehead atoms. The van der Waals surface area contributed by atoms with Crippen LogP contribution < -0.4 is 5.32 Å². The predicted octanol–water partition coefficient (Wildman–Crippen LogP) is 2.74. The molecule has 17 heavy (non-hydrogen) atoms. The highest BCUT2D eigenvalue weighted by Gasteiger charge is 2.16. The van der Waals surface area contributed by atoms with Gasteiger partial charge in [-0.15, -0.1) is 0 Å². The van der Waals surface area contributed by atoms with E-state index in [1.54, 1.807) is 24.2 Å². The van der Waals surface area contributed by atoms with E-state index in [0.29, 0.717) is 0 Å². The summed E-state index contributed by atoms with van der Waals surface area (Å²) >= 11 is 1.72. The number of aromatic nitrogens is 2. The summed E-state index contributed by atoms with van der Waals surface area (Å²) < 4.78 is 0. The van der Waals surface area contributed by atoms with Crippen molar-refractivity contribution in [1.29, 1.82) is 0 Å². The van der Waals surface area contributed by atoms with E-state index in [4.69, 9.17) is 0 Å². The summed E-state index contributed by atoms with van der Waals surface area (Å²) in [6, 6.07) is 2.59. The first-order valence-electron chi connectivity index (χ1n) is 6.48. The van der Waals surface area contributed by atoms with Crippen molar-refractivity contribution >= 4 is 11.8 Å². The highest BCUT2D eigenvalue weighted by Crippen LogP contribution is 2.23. The molecule has 2 rings (SSSR count). The molecule has 94 valence electrons. The summed E-state index contributed by atoms with van der Waals surface area (Å²) in [5.74, 6) is 1.98. The Morgan fingerprint density at radius 3 is 2.65 bits per heavy atom. The van der Waals surface area contributed by atoms with E-state index in [9.17, 15) is 0 Å². The maximum Gasteiger partial charge on any atom is 0.187 e. The lowest BCUT2D eigenvalue weighted by Crippen LogP contribution is -2.34. The van der Waals surface area contributed by atoms with Gasteiger partial charge >= 0.3 is 0 Å². The smallest absolute Gasteiger partial charge is 0.187 e. The fraction of sp³-hybridized carbons (Fsp3) is 0.692. The van der Waals surface area contributed by atoms with Gasteiger partial charge < -0.3 is 5.32 Å². The molecule has 0 unspecified atom stereocenters. The van der Waals surface area contributed by atoms with E-state index in [1.807, 2.05) is 6.07 Å². The van der Waals surface area contributed by atoms with E-state index < -0.39 is 0 Å². The summed E-state index contributed by atoms with van der Waals surface area (Å²) in [6.07, 6.45) is 9.04. The Labute approximate surface area is 108 Å². The molecule has 0 amide bonds. The van der Waals surface area contributed by atoms with Crippen molar-refractivity contribution in [1.82, 2.24) is 15.3 Å². The monoisotopic (exact) mass is 251 g/mol. The van der Waals surface area contributed by atoms with Crippen molar-refractivity contribution in [3.8, 4) is 0 Å². The van der Waals surface area contributed by atoms with Crippen molar-refractivity contribution in [2.24, 2.45) is 5.92 Å². The van der Waals surface area contributed by atoms with Gasteiger partial charge in [-0.1, -0.05) is 18.7 Å². The minimum atomic E-state index is 0.739. The van der Waals surface area contributed by atoms with Gasteiger partial charge in [-0.2, -0.15) is 0 Å². The third kappa shape index (κ3) is 4.64. The quantitative estimate of drug-likeness (QED) is 0.496. The van der Waals surface area contributed by atoms with Gasteiger partial charge in [0.25, 0.3) is 0 Å². The van der Waals surface area contributed by atoms with Crippen LogP contribution in [0.5, 0.6) is 0 Å². The zero-order valence-electron chi connectivity index (χ0n) is 10.4. The minimum absolute atomic E-state index is 0.739. The molecule has 1 aliphatic carbocycles. The largest absolute Gasteiger partial charge is 0.313 e. The summed E-state index contributed by atoms with van der Waals surface area (Å²) in [6.45, 7) is 3.42. The zero-order valence-corrected chi connectivity index (χ0v) is 11.2. The number of hydrogen-bond donors (Lipinski definition) is 1. The zero-order chi connectivity index (χ0) is 11.9. The number of nitrogens with zero attached hydrogens (tertiary/aromatic N) is 2. The molecule has 1 aliphatic rings. The first-order valence-corrected chi connectivity index (χ1v) is 7.46. The average Bonchev–Trinajstić information content (AvgIpc) is 2.38. The fourth-order valence-corrected chi connectivity index (χ4v) is 2.90. The van der Waals surface area contributed by atoms with Gasteiger partial charge in [0.2, 0.25) is 0 Å². The molecule has 4 heteroatoms. The second-order valence-corrected chi connectivity index (χ2v) is 5.85. The van der Waals surface area contributed by atoms with E-state index in [2.05, 4.69) is 22.2 Å². The van der Waals surface area contributed by atoms with Gasteiger partial charge in [-0.25, -0.2) is 9.97 Å². The molecule has 0 atom stereocenters. The number of nitrogens with one attached hydrogen (secondary N) is 1. The van der Waals surface area contributed by atoms with Gasteiger partial charge in [0.05, 0.1) is 0 Å². The van der Waals surface area contributed by atoms with E-state index in [1.165, 1.54) is 25.7 Å². The fourth-order valence-electron chi connectivity index (χ4n) is 2.23. The molecule has 1 fully saturated rings. The van der Waals surface area contributed by atoms with Gasteiger partial charge in [0.1, 0.15) is 0 Å². The molecule has 0 aliphatic heterocycles. The van der Waals surface area contributed by atoms with Crippen molar-refractivity contribution in [3.05, 3.63) is 18.5 Å². The Hall–Kier alpha value is -0.610. The van der Waals surface area contributed by atoms with Crippen molar-refractivity contribution in [2.45, 2.75) is 43.8 Å². The molecule has 1 aromatic heterocycles. The van der Waals surface area contributed by atoms with E-state index in [0.717, 1.165) is 29.4 Å². The summed E-state index contributed by atoms with van der Waals surface area (Å²) in [4.78, 5) is 8.39. The minimum Gasteiger partial charge on any atom is -0.313 e. The lowest BCUT2D eigenvalue weighted by atomic mass is 9.87. The second kappa shape index (κ2) is 6.97. The SMILES string of the molecule is CC1CCC(NCCSc2ncccn2)CC1. The molecule has 0 aromatic carbocycles. The molecule has 1 N–H and O–H groups in total. The van der Waals surface area contributed by atoms with Crippen LogP contribution in [0.4, 0.5) is 0 Å². The highest BCUT2D eigenvalue weighted by molar-refractivity contribution is 7.99. The molecule has 1 saturated carbocycles. The van der Waals surface area contributed by atoms with Crippen molar-refractivity contribution < 1.29 is 0 Å². The van der Waals surface area contributed by atoms with E-state index in [-0.39, 0.29) is 0 Å². The van der Waals surface area contributed by atoms with Crippen LogP contribution in [0.1, 0.15) is 32.6 Å². The van der Waals surface area contributed by atoms with Crippen molar-refractivity contribution in [3.63, 3.8) is 0 Å².